The number of nitrogens with zero attached hydrogens (tertiary/aromatic N) is 3. The van der Waals surface area contributed by atoms with Crippen LogP contribution in [0.2, 0.25) is 0 Å². The summed E-state index contributed by atoms with van der Waals surface area (Å²) < 4.78 is 13.9. The van der Waals surface area contributed by atoms with Crippen LogP contribution in [0.1, 0.15) is 23.7 Å². The third-order valence-corrected chi connectivity index (χ3v) is 2.78. The molecule has 0 aromatic carbocycles. The van der Waals surface area contributed by atoms with E-state index >= 15 is 0 Å². The maximum atomic E-state index is 13.9. The van der Waals surface area contributed by atoms with Crippen LogP contribution in [0.4, 0.5) is 10.2 Å². The minimum absolute atomic E-state index is 0.248. The minimum atomic E-state index is -0.369. The van der Waals surface area contributed by atoms with Gasteiger partial charge in [0.2, 0.25) is 0 Å². The summed E-state index contributed by atoms with van der Waals surface area (Å²) in [4.78, 5) is 11.8. The lowest BCUT2D eigenvalue weighted by molar-refractivity contribution is 0.596. The number of nitrogens with one attached hydrogen (secondary N) is 1. The van der Waals surface area contributed by atoms with Gasteiger partial charge in [-0.3, -0.25) is 4.98 Å². The fourth-order valence-corrected chi connectivity index (χ4v) is 1.66. The first-order chi connectivity index (χ1) is 8.72. The van der Waals surface area contributed by atoms with Crippen LogP contribution in [0.15, 0.2) is 24.8 Å². The molecule has 2 heterocycles. The first-order valence-corrected chi connectivity index (χ1v) is 5.85. The topological polar surface area (TPSA) is 50.7 Å². The van der Waals surface area contributed by atoms with E-state index in [0.717, 1.165) is 11.1 Å². The van der Waals surface area contributed by atoms with Gasteiger partial charge in [-0.15, -0.1) is 0 Å². The molecule has 2 aromatic rings. The quantitative estimate of drug-likeness (QED) is 0.900. The van der Waals surface area contributed by atoms with Crippen molar-refractivity contribution in [2.45, 2.75) is 26.8 Å². The number of hydrogen-bond donors (Lipinski definition) is 1. The monoisotopic (exact) mass is 246 g/mol. The van der Waals surface area contributed by atoms with E-state index in [2.05, 4.69) is 20.3 Å². The largest absolute Gasteiger partial charge is 0.363 e. The average Bonchev–Trinajstić information content (AvgIpc) is 2.39. The highest BCUT2D eigenvalue weighted by atomic mass is 19.1. The van der Waals surface area contributed by atoms with Gasteiger partial charge in [-0.25, -0.2) is 14.4 Å². The van der Waals surface area contributed by atoms with Crippen molar-refractivity contribution in [2.75, 3.05) is 5.32 Å². The van der Waals surface area contributed by atoms with Crippen LogP contribution < -0.4 is 5.32 Å². The summed E-state index contributed by atoms with van der Waals surface area (Å²) in [6.45, 7) is 4.35. The van der Waals surface area contributed by atoms with E-state index in [1.807, 2.05) is 19.9 Å². The van der Waals surface area contributed by atoms with Gasteiger partial charge in [0.05, 0.1) is 5.69 Å². The smallest absolute Gasteiger partial charge is 0.186 e. The third kappa shape index (κ3) is 2.61. The van der Waals surface area contributed by atoms with Gasteiger partial charge in [0.1, 0.15) is 6.33 Å². The Labute approximate surface area is 105 Å². The summed E-state index contributed by atoms with van der Waals surface area (Å²) >= 11 is 0. The Morgan fingerprint density at radius 2 is 2.17 bits per heavy atom. The van der Waals surface area contributed by atoms with Gasteiger partial charge in [-0.2, -0.15) is 0 Å². The van der Waals surface area contributed by atoms with Crippen molar-refractivity contribution in [3.63, 3.8) is 0 Å². The molecule has 0 aliphatic heterocycles. The predicted octanol–water partition coefficient (Wildman–Crippen LogP) is 2.49. The number of anilines is 1. The molecular formula is C13H15FN4. The van der Waals surface area contributed by atoms with E-state index in [1.54, 1.807) is 12.4 Å². The maximum absolute atomic E-state index is 13.9. The number of aromatic nitrogens is 3. The molecule has 4 nitrogen and oxygen atoms in total. The Kier molecular flexibility index (Phi) is 3.82. The molecule has 5 heteroatoms. The van der Waals surface area contributed by atoms with Crippen LogP contribution in [0.5, 0.6) is 0 Å². The minimum Gasteiger partial charge on any atom is -0.363 e. The Morgan fingerprint density at radius 1 is 1.33 bits per heavy atom. The summed E-state index contributed by atoms with van der Waals surface area (Å²) in [5, 5.41) is 2.99. The highest BCUT2D eigenvalue weighted by molar-refractivity contribution is 5.39. The zero-order chi connectivity index (χ0) is 13.0. The first-order valence-electron chi connectivity index (χ1n) is 5.85. The molecule has 0 radical (unpaired) electrons. The molecule has 0 unspecified atom stereocenters. The van der Waals surface area contributed by atoms with Crippen LogP contribution in [0, 0.1) is 12.7 Å². The summed E-state index contributed by atoms with van der Waals surface area (Å²) in [6.07, 6.45) is 5.43. The molecule has 1 N–H and O–H groups in total. The molecular weight excluding hydrogens is 231 g/mol. The zero-order valence-corrected chi connectivity index (χ0v) is 10.4. The van der Waals surface area contributed by atoms with Gasteiger partial charge in [0.15, 0.2) is 11.6 Å². The molecule has 0 atom stereocenters. The van der Waals surface area contributed by atoms with Gasteiger partial charge in [0, 0.05) is 18.9 Å². The lowest BCUT2D eigenvalue weighted by Crippen LogP contribution is -2.07. The number of pyridine rings is 1. The average molecular weight is 246 g/mol. The lowest BCUT2D eigenvalue weighted by atomic mass is 10.1. The fourth-order valence-electron chi connectivity index (χ4n) is 1.66. The molecule has 2 rings (SSSR count). The Hall–Kier alpha value is -2.04. The van der Waals surface area contributed by atoms with Gasteiger partial charge in [0.25, 0.3) is 0 Å². The zero-order valence-electron chi connectivity index (χ0n) is 10.4. The van der Waals surface area contributed by atoms with Crippen molar-refractivity contribution < 1.29 is 4.39 Å². The number of rotatable bonds is 4. The summed E-state index contributed by atoms with van der Waals surface area (Å²) in [5.74, 6) is -0.121. The highest BCUT2D eigenvalue weighted by Gasteiger charge is 2.09. The summed E-state index contributed by atoms with van der Waals surface area (Å²) in [7, 11) is 0. The Morgan fingerprint density at radius 3 is 2.89 bits per heavy atom. The standard InChI is InChI=1S/C13H15FN4/c1-3-11-12(14)13(18-8-17-11)16-7-10-4-5-15-6-9(10)2/h4-6,8H,3,7H2,1-2H3,(H,16,17,18). The van der Waals surface area contributed by atoms with Gasteiger partial charge in [-0.05, 0) is 30.5 Å². The molecule has 0 saturated heterocycles. The van der Waals surface area contributed by atoms with Crippen LogP contribution >= 0.6 is 0 Å². The highest BCUT2D eigenvalue weighted by Crippen LogP contribution is 2.15. The van der Waals surface area contributed by atoms with Crippen molar-refractivity contribution in [3.05, 3.63) is 47.4 Å². The molecule has 2 aromatic heterocycles. The maximum Gasteiger partial charge on any atom is 0.186 e. The van der Waals surface area contributed by atoms with Crippen LogP contribution in [0.25, 0.3) is 0 Å². The van der Waals surface area contributed by atoms with E-state index in [0.29, 0.717) is 18.7 Å². The number of hydrogen-bond acceptors (Lipinski definition) is 4. The lowest BCUT2D eigenvalue weighted by Gasteiger charge is -2.09. The second-order valence-electron chi connectivity index (χ2n) is 3.99. The van der Waals surface area contributed by atoms with E-state index in [9.17, 15) is 4.39 Å². The van der Waals surface area contributed by atoms with Crippen molar-refractivity contribution in [2.24, 2.45) is 0 Å². The molecule has 0 spiro atoms. The molecule has 18 heavy (non-hydrogen) atoms. The van der Waals surface area contributed by atoms with E-state index in [-0.39, 0.29) is 11.6 Å². The second kappa shape index (κ2) is 5.53. The molecule has 0 amide bonds. The molecule has 0 fully saturated rings. The molecule has 0 aliphatic carbocycles. The number of halogens is 1. The van der Waals surface area contributed by atoms with E-state index < -0.39 is 0 Å². The molecule has 0 aliphatic rings. The first kappa shape index (κ1) is 12.4. The summed E-state index contributed by atoms with van der Waals surface area (Å²) in [6, 6.07) is 1.90. The van der Waals surface area contributed by atoms with Crippen LogP contribution in [-0.2, 0) is 13.0 Å². The van der Waals surface area contributed by atoms with Gasteiger partial charge >= 0.3 is 0 Å². The Balaban J connectivity index is 2.14. The van der Waals surface area contributed by atoms with Crippen LogP contribution in [-0.4, -0.2) is 15.0 Å². The van der Waals surface area contributed by atoms with Crippen molar-refractivity contribution in [1.82, 2.24) is 15.0 Å². The molecule has 0 saturated carbocycles. The molecule has 94 valence electrons. The van der Waals surface area contributed by atoms with E-state index in [1.165, 1.54) is 6.33 Å². The number of aryl methyl sites for hydroxylation is 2. The second-order valence-corrected chi connectivity index (χ2v) is 3.99. The van der Waals surface area contributed by atoms with Crippen molar-refractivity contribution in [3.8, 4) is 0 Å². The van der Waals surface area contributed by atoms with Gasteiger partial charge in [-0.1, -0.05) is 6.92 Å². The van der Waals surface area contributed by atoms with Crippen molar-refractivity contribution in [1.29, 1.82) is 0 Å². The SMILES string of the molecule is CCc1ncnc(NCc2ccncc2C)c1F. The fraction of sp³-hybridized carbons (Fsp3) is 0.308. The summed E-state index contributed by atoms with van der Waals surface area (Å²) in [5.41, 5.74) is 2.56. The normalized spacial score (nSPS) is 10.4. The van der Waals surface area contributed by atoms with E-state index in [4.69, 9.17) is 0 Å². The molecule has 0 bridgehead atoms. The predicted molar refractivity (Wildman–Crippen MR) is 67.7 cm³/mol. The third-order valence-electron chi connectivity index (χ3n) is 2.78. The van der Waals surface area contributed by atoms with Crippen LogP contribution in [0.3, 0.4) is 0 Å². The van der Waals surface area contributed by atoms with Crippen molar-refractivity contribution >= 4 is 5.82 Å². The van der Waals surface area contributed by atoms with Gasteiger partial charge < -0.3 is 5.32 Å². The Bertz CT molecular complexity index is 542.